The summed E-state index contributed by atoms with van der Waals surface area (Å²) in [5, 5.41) is 3.45. The van der Waals surface area contributed by atoms with E-state index in [2.05, 4.69) is 5.32 Å². The molecule has 2 amide bonds. The highest BCUT2D eigenvalue weighted by atomic mass is 35.5. The number of carbonyl (C=O) groups excluding carboxylic acids is 2. The molecule has 1 aliphatic heterocycles. The number of amides is 2. The predicted octanol–water partition coefficient (Wildman–Crippen LogP) is 5.05. The SMILES string of the molecule is COc1cccc(NC2=C(c3ccc(C)cc3)C(=O)N(c3ccccc3Cl)C2=O)c1. The van der Waals surface area contributed by atoms with E-state index < -0.39 is 11.8 Å². The molecule has 4 rings (SSSR count). The van der Waals surface area contributed by atoms with Crippen LogP contribution in [0.3, 0.4) is 0 Å². The van der Waals surface area contributed by atoms with Gasteiger partial charge in [0, 0.05) is 11.8 Å². The first kappa shape index (κ1) is 19.7. The highest BCUT2D eigenvalue weighted by Crippen LogP contribution is 2.36. The monoisotopic (exact) mass is 418 g/mol. The average Bonchev–Trinajstić information content (AvgIpc) is 2.99. The Labute approximate surface area is 179 Å². The van der Waals surface area contributed by atoms with Gasteiger partial charge < -0.3 is 10.1 Å². The summed E-state index contributed by atoms with van der Waals surface area (Å²) in [5.74, 6) is -0.258. The zero-order chi connectivity index (χ0) is 21.3. The number of rotatable bonds is 5. The summed E-state index contributed by atoms with van der Waals surface area (Å²) >= 11 is 6.30. The molecular formula is C24H19ClN2O3. The molecule has 0 saturated carbocycles. The van der Waals surface area contributed by atoms with E-state index in [9.17, 15) is 9.59 Å². The number of nitrogens with one attached hydrogen (secondary N) is 1. The smallest absolute Gasteiger partial charge is 0.282 e. The quantitative estimate of drug-likeness (QED) is 0.589. The molecule has 150 valence electrons. The van der Waals surface area contributed by atoms with Crippen LogP contribution < -0.4 is 15.0 Å². The van der Waals surface area contributed by atoms with Gasteiger partial charge in [-0.25, -0.2) is 4.90 Å². The number of hydrogen-bond donors (Lipinski definition) is 1. The van der Waals surface area contributed by atoms with Crippen molar-refractivity contribution in [2.24, 2.45) is 0 Å². The number of halogens is 1. The molecule has 0 unspecified atom stereocenters. The van der Waals surface area contributed by atoms with Crippen LogP contribution in [0.5, 0.6) is 5.75 Å². The van der Waals surface area contributed by atoms with Crippen molar-refractivity contribution < 1.29 is 14.3 Å². The van der Waals surface area contributed by atoms with Crippen LogP contribution >= 0.6 is 11.6 Å². The maximum atomic E-state index is 13.4. The van der Waals surface area contributed by atoms with Crippen LogP contribution in [0.1, 0.15) is 11.1 Å². The van der Waals surface area contributed by atoms with E-state index in [-0.39, 0.29) is 5.70 Å². The number of para-hydroxylation sites is 1. The molecule has 0 spiro atoms. The summed E-state index contributed by atoms with van der Waals surface area (Å²) < 4.78 is 5.26. The second-order valence-corrected chi connectivity index (χ2v) is 7.28. The molecule has 0 atom stereocenters. The Kier molecular flexibility index (Phi) is 5.29. The van der Waals surface area contributed by atoms with Crippen molar-refractivity contribution in [2.45, 2.75) is 6.92 Å². The molecule has 3 aromatic rings. The predicted molar refractivity (Wildman–Crippen MR) is 119 cm³/mol. The molecule has 6 heteroatoms. The van der Waals surface area contributed by atoms with E-state index in [0.29, 0.717) is 33.3 Å². The zero-order valence-corrected chi connectivity index (χ0v) is 17.2. The minimum atomic E-state index is -0.466. The number of nitrogens with zero attached hydrogens (tertiary/aromatic N) is 1. The minimum Gasteiger partial charge on any atom is -0.497 e. The molecule has 0 radical (unpaired) electrons. The fourth-order valence-corrected chi connectivity index (χ4v) is 3.55. The van der Waals surface area contributed by atoms with Crippen LogP contribution in [0.4, 0.5) is 11.4 Å². The van der Waals surface area contributed by atoms with Crippen LogP contribution in [0.2, 0.25) is 5.02 Å². The summed E-state index contributed by atoms with van der Waals surface area (Å²) in [7, 11) is 1.57. The van der Waals surface area contributed by atoms with Gasteiger partial charge in [-0.2, -0.15) is 0 Å². The number of aryl methyl sites for hydroxylation is 1. The van der Waals surface area contributed by atoms with Gasteiger partial charge in [-0.05, 0) is 36.8 Å². The van der Waals surface area contributed by atoms with Crippen molar-refractivity contribution in [1.82, 2.24) is 0 Å². The Morgan fingerprint density at radius 3 is 2.33 bits per heavy atom. The molecule has 0 fully saturated rings. The largest absolute Gasteiger partial charge is 0.497 e. The first-order valence-electron chi connectivity index (χ1n) is 9.35. The molecule has 1 N–H and O–H groups in total. The van der Waals surface area contributed by atoms with Gasteiger partial charge in [-0.15, -0.1) is 0 Å². The molecule has 1 heterocycles. The lowest BCUT2D eigenvalue weighted by Crippen LogP contribution is -2.32. The summed E-state index contributed by atoms with van der Waals surface area (Å²) in [6, 6.07) is 21.4. The summed E-state index contributed by atoms with van der Waals surface area (Å²) in [5.41, 5.74) is 3.18. The summed E-state index contributed by atoms with van der Waals surface area (Å²) in [4.78, 5) is 27.9. The maximum absolute atomic E-state index is 13.4. The van der Waals surface area contributed by atoms with Gasteiger partial charge in [0.15, 0.2) is 0 Å². The van der Waals surface area contributed by atoms with E-state index in [1.807, 2.05) is 31.2 Å². The Morgan fingerprint density at radius 2 is 1.63 bits per heavy atom. The van der Waals surface area contributed by atoms with Crippen LogP contribution in [0.15, 0.2) is 78.5 Å². The average molecular weight is 419 g/mol. The topological polar surface area (TPSA) is 58.6 Å². The van der Waals surface area contributed by atoms with Gasteiger partial charge >= 0.3 is 0 Å². The van der Waals surface area contributed by atoms with Gasteiger partial charge in [0.1, 0.15) is 11.4 Å². The first-order chi connectivity index (χ1) is 14.5. The molecule has 0 aliphatic carbocycles. The summed E-state index contributed by atoms with van der Waals surface area (Å²) in [6.45, 7) is 1.96. The third-order valence-electron chi connectivity index (χ3n) is 4.86. The van der Waals surface area contributed by atoms with Gasteiger partial charge in [0.2, 0.25) is 0 Å². The third-order valence-corrected chi connectivity index (χ3v) is 5.18. The molecular weight excluding hydrogens is 400 g/mol. The van der Waals surface area contributed by atoms with Crippen LogP contribution in [-0.4, -0.2) is 18.9 Å². The number of benzene rings is 3. The number of imide groups is 1. The van der Waals surface area contributed by atoms with Crippen molar-refractivity contribution in [1.29, 1.82) is 0 Å². The third kappa shape index (κ3) is 3.55. The minimum absolute atomic E-state index is 0.192. The number of methoxy groups -OCH3 is 1. The highest BCUT2D eigenvalue weighted by molar-refractivity contribution is 6.48. The molecule has 3 aromatic carbocycles. The van der Waals surface area contributed by atoms with Crippen molar-refractivity contribution in [2.75, 3.05) is 17.3 Å². The zero-order valence-electron chi connectivity index (χ0n) is 16.5. The fourth-order valence-electron chi connectivity index (χ4n) is 3.33. The fraction of sp³-hybridized carbons (Fsp3) is 0.0833. The highest BCUT2D eigenvalue weighted by Gasteiger charge is 2.41. The number of carbonyl (C=O) groups is 2. The first-order valence-corrected chi connectivity index (χ1v) is 9.73. The maximum Gasteiger partial charge on any atom is 0.282 e. The van der Waals surface area contributed by atoms with Crippen LogP contribution in [0, 0.1) is 6.92 Å². The second-order valence-electron chi connectivity index (χ2n) is 6.87. The van der Waals surface area contributed by atoms with Gasteiger partial charge in [-0.3, -0.25) is 9.59 Å². The molecule has 0 saturated heterocycles. The van der Waals surface area contributed by atoms with E-state index in [1.54, 1.807) is 55.6 Å². The van der Waals surface area contributed by atoms with E-state index >= 15 is 0 Å². The lowest BCUT2D eigenvalue weighted by molar-refractivity contribution is -0.120. The molecule has 0 aromatic heterocycles. The van der Waals surface area contributed by atoms with Crippen molar-refractivity contribution in [3.63, 3.8) is 0 Å². The van der Waals surface area contributed by atoms with Crippen molar-refractivity contribution in [3.05, 3.63) is 94.6 Å². The van der Waals surface area contributed by atoms with Crippen LogP contribution in [-0.2, 0) is 9.59 Å². The lowest BCUT2D eigenvalue weighted by Gasteiger charge is -2.16. The Morgan fingerprint density at radius 1 is 0.900 bits per heavy atom. The van der Waals surface area contributed by atoms with Crippen molar-refractivity contribution >= 4 is 40.4 Å². The van der Waals surface area contributed by atoms with Crippen molar-refractivity contribution in [3.8, 4) is 5.75 Å². The number of ether oxygens (including phenoxy) is 1. The van der Waals surface area contributed by atoms with E-state index in [4.69, 9.17) is 16.3 Å². The standard InChI is InChI=1S/C24H19ClN2O3/c1-15-10-12-16(13-11-15)21-22(26-17-6-5-7-18(14-17)30-2)24(29)27(23(21)28)20-9-4-3-8-19(20)25/h3-14,26H,1-2H3. The number of anilines is 2. The van der Waals surface area contributed by atoms with E-state index in [1.165, 1.54) is 0 Å². The Balaban J connectivity index is 1.83. The molecule has 5 nitrogen and oxygen atoms in total. The van der Waals surface area contributed by atoms with E-state index in [0.717, 1.165) is 10.5 Å². The Bertz CT molecular complexity index is 1170. The van der Waals surface area contributed by atoms with Gasteiger partial charge in [-0.1, -0.05) is 59.6 Å². The Hall–Kier alpha value is -3.57. The van der Waals surface area contributed by atoms with Crippen LogP contribution in [0.25, 0.3) is 5.57 Å². The normalized spacial score (nSPS) is 13.8. The van der Waals surface area contributed by atoms with Gasteiger partial charge in [0.25, 0.3) is 11.8 Å². The summed E-state index contributed by atoms with van der Waals surface area (Å²) in [6.07, 6.45) is 0. The van der Waals surface area contributed by atoms with Gasteiger partial charge in [0.05, 0.1) is 23.4 Å². The number of hydrogen-bond acceptors (Lipinski definition) is 4. The molecule has 30 heavy (non-hydrogen) atoms. The lowest BCUT2D eigenvalue weighted by atomic mass is 10.0. The second kappa shape index (κ2) is 8.05. The molecule has 1 aliphatic rings. The molecule has 0 bridgehead atoms.